The van der Waals surface area contributed by atoms with Crippen LogP contribution in [0.3, 0.4) is 0 Å². The van der Waals surface area contributed by atoms with Crippen LogP contribution in [-0.2, 0) is 6.54 Å². The topological polar surface area (TPSA) is 73.2 Å². The fourth-order valence-electron chi connectivity index (χ4n) is 2.43. The highest BCUT2D eigenvalue weighted by Crippen LogP contribution is 2.29. The summed E-state index contributed by atoms with van der Waals surface area (Å²) in [5.41, 5.74) is 1.52. The first-order chi connectivity index (χ1) is 13.1. The number of hydrogen-bond acceptors (Lipinski definition) is 5. The molecule has 1 heterocycles. The van der Waals surface area contributed by atoms with Crippen molar-refractivity contribution >= 4 is 29.0 Å². The second-order valence-corrected chi connectivity index (χ2v) is 5.95. The number of ether oxygens (including phenoxy) is 2. The van der Waals surface area contributed by atoms with Gasteiger partial charge in [0, 0.05) is 11.8 Å². The number of benzene rings is 2. The van der Waals surface area contributed by atoms with Crippen LogP contribution in [0, 0.1) is 5.82 Å². The number of nitrogens with one attached hydrogen (secondary N) is 2. The van der Waals surface area contributed by atoms with Gasteiger partial charge in [-0.2, -0.15) is 0 Å². The van der Waals surface area contributed by atoms with Crippen LogP contribution in [0.5, 0.6) is 11.5 Å². The Kier molecular flexibility index (Phi) is 5.82. The van der Waals surface area contributed by atoms with Crippen LogP contribution in [0.2, 0.25) is 0 Å². The van der Waals surface area contributed by atoms with Gasteiger partial charge in [-0.15, -0.1) is 5.10 Å². The molecule has 0 amide bonds. The van der Waals surface area contributed by atoms with Crippen LogP contribution >= 0.6 is 12.2 Å². The van der Waals surface area contributed by atoms with E-state index in [2.05, 4.69) is 20.7 Å². The number of methoxy groups -OCH3 is 2. The smallest absolute Gasteiger partial charge is 0.248 e. The summed E-state index contributed by atoms with van der Waals surface area (Å²) < 4.78 is 25.3. The molecule has 0 bridgehead atoms. The number of thiocarbonyl (C=S) groups is 1. The molecule has 9 heteroatoms. The summed E-state index contributed by atoms with van der Waals surface area (Å²) in [4.78, 5) is 4.15. The van der Waals surface area contributed by atoms with Gasteiger partial charge in [0.05, 0.1) is 20.8 Å². The minimum Gasteiger partial charge on any atom is -0.493 e. The zero-order valence-electron chi connectivity index (χ0n) is 14.8. The van der Waals surface area contributed by atoms with E-state index < -0.39 is 0 Å². The predicted octanol–water partition coefficient (Wildman–Crippen LogP) is 3.29. The van der Waals surface area contributed by atoms with E-state index in [-0.39, 0.29) is 5.82 Å². The van der Waals surface area contributed by atoms with Gasteiger partial charge in [0.25, 0.3) is 0 Å². The summed E-state index contributed by atoms with van der Waals surface area (Å²) in [6.45, 7) is 0.405. The minimum absolute atomic E-state index is 0.286. The Morgan fingerprint density at radius 1 is 1.11 bits per heavy atom. The number of hydrogen-bond donors (Lipinski definition) is 2. The van der Waals surface area contributed by atoms with Crippen molar-refractivity contribution in [1.29, 1.82) is 0 Å². The van der Waals surface area contributed by atoms with E-state index in [1.807, 2.05) is 12.1 Å². The van der Waals surface area contributed by atoms with Gasteiger partial charge in [-0.05, 0) is 42.0 Å². The van der Waals surface area contributed by atoms with E-state index in [1.165, 1.54) is 12.1 Å². The molecular formula is C18H18FN5O2S. The molecule has 0 aliphatic rings. The maximum absolute atomic E-state index is 13.3. The Bertz CT molecular complexity index is 947. The second-order valence-electron chi connectivity index (χ2n) is 5.54. The van der Waals surface area contributed by atoms with Crippen molar-refractivity contribution in [2.24, 2.45) is 0 Å². The molecule has 0 spiro atoms. The van der Waals surface area contributed by atoms with Gasteiger partial charge in [-0.3, -0.25) is 5.32 Å². The number of halogens is 1. The molecule has 3 rings (SSSR count). The van der Waals surface area contributed by atoms with Crippen molar-refractivity contribution in [3.63, 3.8) is 0 Å². The summed E-state index contributed by atoms with van der Waals surface area (Å²) in [6, 6.07) is 11.7. The largest absolute Gasteiger partial charge is 0.493 e. The Labute approximate surface area is 161 Å². The molecule has 140 valence electrons. The van der Waals surface area contributed by atoms with E-state index in [0.29, 0.717) is 29.1 Å². The monoisotopic (exact) mass is 387 g/mol. The molecule has 0 atom stereocenters. The lowest BCUT2D eigenvalue weighted by Crippen LogP contribution is -2.20. The molecule has 7 nitrogen and oxygen atoms in total. The first kappa shape index (κ1) is 18.6. The summed E-state index contributed by atoms with van der Waals surface area (Å²) in [5, 5.41) is 10.5. The highest BCUT2D eigenvalue weighted by atomic mass is 32.1. The van der Waals surface area contributed by atoms with E-state index in [4.69, 9.17) is 21.7 Å². The maximum Gasteiger partial charge on any atom is 0.248 e. The van der Waals surface area contributed by atoms with Crippen molar-refractivity contribution in [1.82, 2.24) is 14.8 Å². The van der Waals surface area contributed by atoms with Crippen LogP contribution in [0.1, 0.15) is 5.56 Å². The average Bonchev–Trinajstić information content (AvgIpc) is 3.08. The average molecular weight is 387 g/mol. The number of anilines is 2. The van der Waals surface area contributed by atoms with Gasteiger partial charge in [-0.25, -0.2) is 14.1 Å². The lowest BCUT2D eigenvalue weighted by molar-refractivity contribution is 0.355. The SMILES string of the molecule is COc1ccc(NC(=S)Nc2ncn(Cc3cccc(F)c3)n2)cc1OC. The molecule has 1 aromatic heterocycles. The lowest BCUT2D eigenvalue weighted by atomic mass is 10.2. The van der Waals surface area contributed by atoms with Crippen LogP contribution in [0.25, 0.3) is 0 Å². The first-order valence-corrected chi connectivity index (χ1v) is 8.42. The summed E-state index contributed by atoms with van der Waals surface area (Å²) in [6.07, 6.45) is 1.55. The molecule has 2 N–H and O–H groups in total. The third-order valence-corrected chi connectivity index (χ3v) is 3.84. The molecule has 0 saturated carbocycles. The molecule has 0 unspecified atom stereocenters. The molecule has 2 aromatic carbocycles. The Morgan fingerprint density at radius 3 is 2.67 bits per heavy atom. The standard InChI is InChI=1S/C18H18FN5O2S/c1-25-15-7-6-14(9-16(15)26-2)21-18(27)22-17-20-11-24(23-17)10-12-4-3-5-13(19)8-12/h3-9,11H,10H2,1-2H3,(H2,21,22,23,27). The van der Waals surface area contributed by atoms with Crippen LogP contribution in [0.4, 0.5) is 16.0 Å². The number of aromatic nitrogens is 3. The highest BCUT2D eigenvalue weighted by Gasteiger charge is 2.08. The van der Waals surface area contributed by atoms with Crippen LogP contribution in [-0.4, -0.2) is 34.1 Å². The van der Waals surface area contributed by atoms with Gasteiger partial charge in [0.1, 0.15) is 12.1 Å². The molecule has 0 fully saturated rings. The molecular weight excluding hydrogens is 369 g/mol. The van der Waals surface area contributed by atoms with Gasteiger partial charge >= 0.3 is 0 Å². The molecule has 27 heavy (non-hydrogen) atoms. The van der Waals surface area contributed by atoms with Gasteiger partial charge in [0.2, 0.25) is 5.95 Å². The fraction of sp³-hybridized carbons (Fsp3) is 0.167. The van der Waals surface area contributed by atoms with Crippen LogP contribution in [0.15, 0.2) is 48.8 Å². The Balaban J connectivity index is 1.61. The molecule has 0 saturated heterocycles. The van der Waals surface area contributed by atoms with Gasteiger partial charge in [-0.1, -0.05) is 12.1 Å². The third kappa shape index (κ3) is 4.91. The normalized spacial score (nSPS) is 10.3. The van der Waals surface area contributed by atoms with E-state index in [9.17, 15) is 4.39 Å². The van der Waals surface area contributed by atoms with Gasteiger partial charge < -0.3 is 14.8 Å². The summed E-state index contributed by atoms with van der Waals surface area (Å²) >= 11 is 5.28. The minimum atomic E-state index is -0.286. The molecule has 0 radical (unpaired) electrons. The molecule has 0 aliphatic carbocycles. The maximum atomic E-state index is 13.3. The van der Waals surface area contributed by atoms with Crippen molar-refractivity contribution in [3.8, 4) is 11.5 Å². The van der Waals surface area contributed by atoms with Crippen LogP contribution < -0.4 is 20.1 Å². The fourth-order valence-corrected chi connectivity index (χ4v) is 2.64. The molecule has 3 aromatic rings. The van der Waals surface area contributed by atoms with E-state index in [1.54, 1.807) is 43.4 Å². The lowest BCUT2D eigenvalue weighted by Gasteiger charge is -2.11. The summed E-state index contributed by atoms with van der Waals surface area (Å²) in [5.74, 6) is 1.26. The quantitative estimate of drug-likeness (QED) is 0.629. The Morgan fingerprint density at radius 2 is 1.93 bits per heavy atom. The van der Waals surface area contributed by atoms with Crippen molar-refractivity contribution < 1.29 is 13.9 Å². The van der Waals surface area contributed by atoms with Crippen molar-refractivity contribution in [2.75, 3.05) is 24.9 Å². The van der Waals surface area contributed by atoms with Crippen molar-refractivity contribution in [3.05, 3.63) is 60.2 Å². The number of nitrogens with zero attached hydrogens (tertiary/aromatic N) is 3. The third-order valence-electron chi connectivity index (χ3n) is 3.64. The zero-order valence-corrected chi connectivity index (χ0v) is 15.6. The number of rotatable bonds is 6. The highest BCUT2D eigenvalue weighted by molar-refractivity contribution is 7.80. The van der Waals surface area contributed by atoms with Crippen molar-refractivity contribution in [2.45, 2.75) is 6.54 Å². The predicted molar refractivity (Wildman–Crippen MR) is 105 cm³/mol. The van der Waals surface area contributed by atoms with E-state index in [0.717, 1.165) is 11.3 Å². The zero-order chi connectivity index (χ0) is 19.2. The Hall–Kier alpha value is -3.20. The first-order valence-electron chi connectivity index (χ1n) is 8.01. The van der Waals surface area contributed by atoms with E-state index >= 15 is 0 Å². The second kappa shape index (κ2) is 8.45. The van der Waals surface area contributed by atoms with Gasteiger partial charge in [0.15, 0.2) is 16.6 Å². The molecule has 0 aliphatic heterocycles. The summed E-state index contributed by atoms with van der Waals surface area (Å²) in [7, 11) is 3.14.